The summed E-state index contributed by atoms with van der Waals surface area (Å²) in [6, 6.07) is 6.07. The van der Waals surface area contributed by atoms with E-state index >= 15 is 0 Å². The van der Waals surface area contributed by atoms with Gasteiger partial charge in [-0.3, -0.25) is 0 Å². The molecular weight excluding hydrogens is 255 g/mol. The molecule has 1 unspecified atom stereocenters. The zero-order chi connectivity index (χ0) is 13.6. The molecule has 18 heavy (non-hydrogen) atoms. The first-order valence-electron chi connectivity index (χ1n) is 6.05. The summed E-state index contributed by atoms with van der Waals surface area (Å²) in [5.41, 5.74) is 0.714. The standard InChI is InChI=1S/C13H19FO3S/c1-2-18(16,17)8-4-6-12(10-15)11-5-3-7-13(14)9-11/h3,5,7,9,12,15H,2,4,6,8,10H2,1H3. The van der Waals surface area contributed by atoms with Crippen molar-refractivity contribution in [2.45, 2.75) is 25.7 Å². The zero-order valence-corrected chi connectivity index (χ0v) is 11.3. The van der Waals surface area contributed by atoms with Crippen molar-refractivity contribution in [1.29, 1.82) is 0 Å². The highest BCUT2D eigenvalue weighted by Gasteiger charge is 2.13. The molecule has 0 heterocycles. The Balaban J connectivity index is 2.58. The van der Waals surface area contributed by atoms with Crippen LogP contribution in [0.5, 0.6) is 0 Å². The minimum absolute atomic E-state index is 0.102. The van der Waals surface area contributed by atoms with Crippen LogP contribution in [0.25, 0.3) is 0 Å². The second kappa shape index (κ2) is 6.85. The average molecular weight is 274 g/mol. The first kappa shape index (κ1) is 15.1. The molecule has 0 aliphatic heterocycles. The monoisotopic (exact) mass is 274 g/mol. The highest BCUT2D eigenvalue weighted by Crippen LogP contribution is 2.21. The van der Waals surface area contributed by atoms with Crippen molar-refractivity contribution in [3.8, 4) is 0 Å². The Labute approximate surface area is 108 Å². The van der Waals surface area contributed by atoms with Gasteiger partial charge in [-0.25, -0.2) is 12.8 Å². The quantitative estimate of drug-likeness (QED) is 0.828. The van der Waals surface area contributed by atoms with Crippen LogP contribution in [0, 0.1) is 5.82 Å². The van der Waals surface area contributed by atoms with Gasteiger partial charge in [0.1, 0.15) is 15.7 Å². The van der Waals surface area contributed by atoms with Gasteiger partial charge in [0, 0.05) is 18.3 Å². The van der Waals surface area contributed by atoms with Crippen LogP contribution in [-0.4, -0.2) is 31.6 Å². The first-order valence-corrected chi connectivity index (χ1v) is 7.87. The van der Waals surface area contributed by atoms with E-state index in [0.717, 1.165) is 0 Å². The summed E-state index contributed by atoms with van der Waals surface area (Å²) in [7, 11) is -2.97. The van der Waals surface area contributed by atoms with Gasteiger partial charge in [-0.05, 0) is 30.5 Å². The van der Waals surface area contributed by atoms with Crippen molar-refractivity contribution in [3.05, 3.63) is 35.6 Å². The summed E-state index contributed by atoms with van der Waals surface area (Å²) in [6.07, 6.45) is 1.02. The molecule has 1 aromatic rings. The minimum atomic E-state index is -2.97. The van der Waals surface area contributed by atoms with Gasteiger partial charge in [-0.1, -0.05) is 19.1 Å². The lowest BCUT2D eigenvalue weighted by molar-refractivity contribution is 0.258. The molecule has 0 radical (unpaired) electrons. The third kappa shape index (κ3) is 4.74. The third-order valence-electron chi connectivity index (χ3n) is 2.99. The molecule has 0 amide bonds. The van der Waals surface area contributed by atoms with E-state index in [4.69, 9.17) is 0 Å². The molecule has 1 rings (SSSR count). The van der Waals surface area contributed by atoms with Gasteiger partial charge < -0.3 is 5.11 Å². The maximum absolute atomic E-state index is 13.1. The number of hydrogen-bond acceptors (Lipinski definition) is 3. The molecule has 0 fully saturated rings. The topological polar surface area (TPSA) is 54.4 Å². The van der Waals surface area contributed by atoms with E-state index in [1.807, 2.05) is 0 Å². The van der Waals surface area contributed by atoms with Gasteiger partial charge in [0.25, 0.3) is 0 Å². The molecule has 0 saturated carbocycles. The highest BCUT2D eigenvalue weighted by molar-refractivity contribution is 7.91. The summed E-state index contributed by atoms with van der Waals surface area (Å²) >= 11 is 0. The summed E-state index contributed by atoms with van der Waals surface area (Å²) in [4.78, 5) is 0. The van der Waals surface area contributed by atoms with Crippen LogP contribution in [0.2, 0.25) is 0 Å². The molecule has 0 spiro atoms. The van der Waals surface area contributed by atoms with Gasteiger partial charge in [0.2, 0.25) is 0 Å². The number of aliphatic hydroxyl groups is 1. The Bertz CT molecular complexity index is 471. The van der Waals surface area contributed by atoms with Crippen molar-refractivity contribution in [3.63, 3.8) is 0 Å². The fourth-order valence-electron chi connectivity index (χ4n) is 1.82. The number of sulfone groups is 1. The predicted molar refractivity (Wildman–Crippen MR) is 69.8 cm³/mol. The molecule has 1 aromatic carbocycles. The van der Waals surface area contributed by atoms with Crippen LogP contribution in [0.15, 0.2) is 24.3 Å². The van der Waals surface area contributed by atoms with E-state index in [-0.39, 0.29) is 29.8 Å². The maximum Gasteiger partial charge on any atom is 0.150 e. The van der Waals surface area contributed by atoms with Crippen LogP contribution in [0.1, 0.15) is 31.2 Å². The van der Waals surface area contributed by atoms with Crippen molar-refractivity contribution >= 4 is 9.84 Å². The lowest BCUT2D eigenvalue weighted by Gasteiger charge is -2.14. The summed E-state index contributed by atoms with van der Waals surface area (Å²) in [6.45, 7) is 1.51. The molecule has 0 aliphatic carbocycles. The average Bonchev–Trinajstić information content (AvgIpc) is 2.34. The molecule has 5 heteroatoms. The van der Waals surface area contributed by atoms with Gasteiger partial charge in [0.05, 0.1) is 5.75 Å². The normalized spacial score (nSPS) is 13.5. The molecule has 1 atom stereocenters. The maximum atomic E-state index is 13.1. The number of aliphatic hydroxyl groups excluding tert-OH is 1. The van der Waals surface area contributed by atoms with E-state index in [1.54, 1.807) is 19.1 Å². The summed E-state index contributed by atoms with van der Waals surface area (Å²) in [5, 5.41) is 9.29. The van der Waals surface area contributed by atoms with Gasteiger partial charge in [0.15, 0.2) is 0 Å². The molecular formula is C13H19FO3S. The molecule has 0 aliphatic rings. The SMILES string of the molecule is CCS(=O)(=O)CCCC(CO)c1cccc(F)c1. The first-order chi connectivity index (χ1) is 8.48. The van der Waals surface area contributed by atoms with Crippen molar-refractivity contribution < 1.29 is 17.9 Å². The smallest absolute Gasteiger partial charge is 0.150 e. The molecule has 1 N–H and O–H groups in total. The number of halogens is 1. The lowest BCUT2D eigenvalue weighted by atomic mass is 9.95. The molecule has 0 saturated heterocycles. The number of hydrogen-bond donors (Lipinski definition) is 1. The second-order valence-electron chi connectivity index (χ2n) is 4.31. The Morgan fingerprint density at radius 2 is 2.11 bits per heavy atom. The van der Waals surface area contributed by atoms with Crippen LogP contribution in [0.3, 0.4) is 0 Å². The predicted octanol–water partition coefficient (Wildman–Crippen LogP) is 2.12. The van der Waals surface area contributed by atoms with Gasteiger partial charge in [-0.15, -0.1) is 0 Å². The van der Waals surface area contributed by atoms with Crippen LogP contribution in [-0.2, 0) is 9.84 Å². The summed E-state index contributed by atoms with van der Waals surface area (Å²) < 4.78 is 35.7. The van der Waals surface area contributed by atoms with E-state index in [0.29, 0.717) is 18.4 Å². The zero-order valence-electron chi connectivity index (χ0n) is 10.5. The van der Waals surface area contributed by atoms with E-state index in [9.17, 15) is 17.9 Å². The lowest BCUT2D eigenvalue weighted by Crippen LogP contribution is -2.11. The van der Waals surface area contributed by atoms with Gasteiger partial charge >= 0.3 is 0 Å². The Hall–Kier alpha value is -0.940. The van der Waals surface area contributed by atoms with E-state index in [2.05, 4.69) is 0 Å². The van der Waals surface area contributed by atoms with Crippen LogP contribution < -0.4 is 0 Å². The molecule has 3 nitrogen and oxygen atoms in total. The van der Waals surface area contributed by atoms with E-state index in [1.165, 1.54) is 12.1 Å². The van der Waals surface area contributed by atoms with Crippen molar-refractivity contribution in [1.82, 2.24) is 0 Å². The van der Waals surface area contributed by atoms with E-state index < -0.39 is 9.84 Å². The number of rotatable bonds is 7. The molecule has 0 bridgehead atoms. The molecule has 0 aromatic heterocycles. The van der Waals surface area contributed by atoms with Gasteiger partial charge in [-0.2, -0.15) is 0 Å². The summed E-state index contributed by atoms with van der Waals surface area (Å²) in [5.74, 6) is -0.286. The van der Waals surface area contributed by atoms with Crippen molar-refractivity contribution in [2.24, 2.45) is 0 Å². The molecule has 102 valence electrons. The Morgan fingerprint density at radius 1 is 1.39 bits per heavy atom. The highest BCUT2D eigenvalue weighted by atomic mass is 32.2. The second-order valence-corrected chi connectivity index (χ2v) is 6.79. The Kier molecular flexibility index (Phi) is 5.75. The van der Waals surface area contributed by atoms with Crippen molar-refractivity contribution in [2.75, 3.05) is 18.1 Å². The third-order valence-corrected chi connectivity index (χ3v) is 4.78. The largest absolute Gasteiger partial charge is 0.396 e. The van der Waals surface area contributed by atoms with Crippen LogP contribution >= 0.6 is 0 Å². The fraction of sp³-hybridized carbons (Fsp3) is 0.538. The Morgan fingerprint density at radius 3 is 2.67 bits per heavy atom. The van der Waals surface area contributed by atoms with Crippen LogP contribution in [0.4, 0.5) is 4.39 Å². The minimum Gasteiger partial charge on any atom is -0.396 e. The number of benzene rings is 1. The fourth-order valence-corrected chi connectivity index (χ4v) is 2.71.